The second-order valence-electron chi connectivity index (χ2n) is 6.27. The Labute approximate surface area is 143 Å². The van der Waals surface area contributed by atoms with E-state index in [1.807, 2.05) is 19.1 Å². The van der Waals surface area contributed by atoms with Gasteiger partial charge in [0, 0.05) is 16.9 Å². The van der Waals surface area contributed by atoms with Crippen molar-refractivity contribution >= 4 is 23.1 Å². The Bertz CT molecular complexity index is 703. The van der Waals surface area contributed by atoms with E-state index in [0.29, 0.717) is 17.2 Å². The van der Waals surface area contributed by atoms with Crippen molar-refractivity contribution in [2.45, 2.75) is 39.7 Å². The van der Waals surface area contributed by atoms with Gasteiger partial charge >= 0.3 is 0 Å². The number of nitrogens with one attached hydrogen (secondary N) is 2. The molecule has 0 aromatic heterocycles. The van der Waals surface area contributed by atoms with Gasteiger partial charge in [0.1, 0.15) is 6.04 Å². The van der Waals surface area contributed by atoms with Crippen LogP contribution in [0, 0.1) is 0 Å². The smallest absolute Gasteiger partial charge is 0.246 e. The Morgan fingerprint density at radius 3 is 1.88 bits per heavy atom. The van der Waals surface area contributed by atoms with Crippen LogP contribution in [0.5, 0.6) is 0 Å². The zero-order valence-corrected chi connectivity index (χ0v) is 14.6. The van der Waals surface area contributed by atoms with Crippen LogP contribution >= 0.6 is 0 Å². The summed E-state index contributed by atoms with van der Waals surface area (Å²) in [5, 5.41) is 6.04. The van der Waals surface area contributed by atoms with Crippen LogP contribution in [0.1, 0.15) is 49.5 Å². The second-order valence-corrected chi connectivity index (χ2v) is 6.27. The molecule has 2 rings (SSSR count). The quantitative estimate of drug-likeness (QED) is 0.772. The third-order valence-corrected chi connectivity index (χ3v) is 3.91. The van der Waals surface area contributed by atoms with Crippen LogP contribution < -0.4 is 10.6 Å². The number of anilines is 2. The SMILES string of the molecule is CC(=O)c1ccc(NC(=O)[C@@H](C)Nc2ccc(C(C)C)cc2)cc1. The van der Waals surface area contributed by atoms with Gasteiger partial charge in [0.05, 0.1) is 0 Å². The van der Waals surface area contributed by atoms with Gasteiger partial charge in [-0.15, -0.1) is 0 Å². The van der Waals surface area contributed by atoms with Crippen LogP contribution in [0.4, 0.5) is 11.4 Å². The summed E-state index contributed by atoms with van der Waals surface area (Å²) in [4.78, 5) is 23.5. The fourth-order valence-corrected chi connectivity index (χ4v) is 2.32. The molecule has 1 amide bonds. The minimum atomic E-state index is -0.373. The molecule has 1 atom stereocenters. The van der Waals surface area contributed by atoms with E-state index >= 15 is 0 Å². The van der Waals surface area contributed by atoms with Gasteiger partial charge in [-0.1, -0.05) is 26.0 Å². The molecular formula is C20H24N2O2. The highest BCUT2D eigenvalue weighted by Crippen LogP contribution is 2.18. The van der Waals surface area contributed by atoms with Crippen molar-refractivity contribution in [1.82, 2.24) is 0 Å². The van der Waals surface area contributed by atoms with Crippen LogP contribution in [0.2, 0.25) is 0 Å². The molecule has 2 aromatic carbocycles. The number of Topliss-reactive ketones (excluding diaryl/α,β-unsaturated/α-hetero) is 1. The van der Waals surface area contributed by atoms with E-state index in [1.165, 1.54) is 12.5 Å². The van der Waals surface area contributed by atoms with E-state index in [0.717, 1.165) is 5.69 Å². The average molecular weight is 324 g/mol. The highest BCUT2D eigenvalue weighted by atomic mass is 16.2. The molecule has 0 aliphatic heterocycles. The van der Waals surface area contributed by atoms with Gasteiger partial charge in [0.25, 0.3) is 0 Å². The molecule has 0 saturated heterocycles. The minimum absolute atomic E-state index is 0.00718. The Morgan fingerprint density at radius 2 is 1.38 bits per heavy atom. The summed E-state index contributed by atoms with van der Waals surface area (Å²) in [6, 6.07) is 14.6. The number of carbonyl (C=O) groups is 2. The Hall–Kier alpha value is -2.62. The van der Waals surface area contributed by atoms with Gasteiger partial charge in [-0.25, -0.2) is 0 Å². The number of hydrogen-bond donors (Lipinski definition) is 2. The molecule has 0 aliphatic carbocycles. The van der Waals surface area contributed by atoms with E-state index in [4.69, 9.17) is 0 Å². The third-order valence-electron chi connectivity index (χ3n) is 3.91. The molecule has 24 heavy (non-hydrogen) atoms. The van der Waals surface area contributed by atoms with Crippen molar-refractivity contribution < 1.29 is 9.59 Å². The van der Waals surface area contributed by atoms with E-state index < -0.39 is 0 Å². The molecule has 0 spiro atoms. The zero-order chi connectivity index (χ0) is 17.7. The van der Waals surface area contributed by atoms with Crippen molar-refractivity contribution in [2.24, 2.45) is 0 Å². The fourth-order valence-electron chi connectivity index (χ4n) is 2.32. The third kappa shape index (κ3) is 4.69. The maximum Gasteiger partial charge on any atom is 0.246 e. The lowest BCUT2D eigenvalue weighted by Crippen LogP contribution is -2.31. The van der Waals surface area contributed by atoms with Crippen LogP contribution in [-0.2, 0) is 4.79 Å². The van der Waals surface area contributed by atoms with Crippen LogP contribution in [0.15, 0.2) is 48.5 Å². The van der Waals surface area contributed by atoms with Crippen molar-refractivity contribution in [3.8, 4) is 0 Å². The number of hydrogen-bond acceptors (Lipinski definition) is 3. The first-order valence-corrected chi connectivity index (χ1v) is 8.15. The summed E-state index contributed by atoms with van der Waals surface area (Å²) in [5.74, 6) is 0.365. The van der Waals surface area contributed by atoms with E-state index in [9.17, 15) is 9.59 Å². The number of benzene rings is 2. The predicted molar refractivity (Wildman–Crippen MR) is 98.7 cm³/mol. The van der Waals surface area contributed by atoms with Crippen molar-refractivity contribution in [3.63, 3.8) is 0 Å². The van der Waals surface area contributed by atoms with Gasteiger partial charge < -0.3 is 10.6 Å². The van der Waals surface area contributed by atoms with E-state index in [2.05, 4.69) is 36.6 Å². The fraction of sp³-hybridized carbons (Fsp3) is 0.300. The monoisotopic (exact) mass is 324 g/mol. The molecule has 4 nitrogen and oxygen atoms in total. The van der Waals surface area contributed by atoms with Crippen molar-refractivity contribution in [2.75, 3.05) is 10.6 Å². The summed E-state index contributed by atoms with van der Waals surface area (Å²) < 4.78 is 0. The molecule has 4 heteroatoms. The molecule has 0 bridgehead atoms. The first-order valence-electron chi connectivity index (χ1n) is 8.15. The highest BCUT2D eigenvalue weighted by Gasteiger charge is 2.13. The van der Waals surface area contributed by atoms with Crippen LogP contribution in [-0.4, -0.2) is 17.7 Å². The summed E-state index contributed by atoms with van der Waals surface area (Å²) >= 11 is 0. The van der Waals surface area contributed by atoms with E-state index in [-0.39, 0.29) is 17.7 Å². The maximum absolute atomic E-state index is 12.3. The largest absolute Gasteiger partial charge is 0.374 e. The molecule has 126 valence electrons. The lowest BCUT2D eigenvalue weighted by molar-refractivity contribution is -0.116. The molecular weight excluding hydrogens is 300 g/mol. The molecule has 2 aromatic rings. The summed E-state index contributed by atoms with van der Waals surface area (Å²) in [7, 11) is 0. The maximum atomic E-state index is 12.3. The van der Waals surface area contributed by atoms with Gasteiger partial charge in [0.15, 0.2) is 5.78 Å². The first-order chi connectivity index (χ1) is 11.4. The average Bonchev–Trinajstić information content (AvgIpc) is 2.55. The topological polar surface area (TPSA) is 58.2 Å². The minimum Gasteiger partial charge on any atom is -0.374 e. The molecule has 0 unspecified atom stereocenters. The second kappa shape index (κ2) is 7.77. The Balaban J connectivity index is 1.95. The van der Waals surface area contributed by atoms with Crippen LogP contribution in [0.25, 0.3) is 0 Å². The lowest BCUT2D eigenvalue weighted by Gasteiger charge is -2.16. The first kappa shape index (κ1) is 17.7. The lowest BCUT2D eigenvalue weighted by atomic mass is 10.0. The normalized spacial score (nSPS) is 11.9. The van der Waals surface area contributed by atoms with Crippen molar-refractivity contribution in [3.05, 3.63) is 59.7 Å². The number of carbonyl (C=O) groups excluding carboxylic acids is 2. The molecule has 0 aliphatic rings. The Kier molecular flexibility index (Phi) is 5.74. The van der Waals surface area contributed by atoms with E-state index in [1.54, 1.807) is 24.3 Å². The molecule has 2 N–H and O–H groups in total. The number of rotatable bonds is 6. The van der Waals surface area contributed by atoms with Crippen LogP contribution in [0.3, 0.4) is 0 Å². The summed E-state index contributed by atoms with van der Waals surface area (Å²) in [5.41, 5.74) is 3.48. The predicted octanol–water partition coefficient (Wildman–Crippen LogP) is 4.45. The number of ketones is 1. The van der Waals surface area contributed by atoms with Gasteiger partial charge in [0.2, 0.25) is 5.91 Å². The molecule has 0 fully saturated rings. The zero-order valence-electron chi connectivity index (χ0n) is 14.6. The summed E-state index contributed by atoms with van der Waals surface area (Å²) in [6.07, 6.45) is 0. The highest BCUT2D eigenvalue weighted by molar-refractivity contribution is 5.97. The number of amides is 1. The van der Waals surface area contributed by atoms with Gasteiger partial charge in [-0.3, -0.25) is 9.59 Å². The molecule has 0 radical (unpaired) electrons. The van der Waals surface area contributed by atoms with Gasteiger partial charge in [-0.05, 0) is 61.7 Å². The molecule has 0 heterocycles. The Morgan fingerprint density at radius 1 is 0.833 bits per heavy atom. The summed E-state index contributed by atoms with van der Waals surface area (Å²) in [6.45, 7) is 7.63. The standard InChI is InChI=1S/C20H24N2O2/c1-13(2)16-5-9-18(10-6-16)21-14(3)20(24)22-19-11-7-17(8-12-19)15(4)23/h5-14,21H,1-4H3,(H,22,24)/t14-/m1/s1. The molecule has 0 saturated carbocycles. The van der Waals surface area contributed by atoms with Gasteiger partial charge in [-0.2, -0.15) is 0 Å². The van der Waals surface area contributed by atoms with Crippen molar-refractivity contribution in [1.29, 1.82) is 0 Å².